The van der Waals surface area contributed by atoms with E-state index in [-0.39, 0.29) is 0 Å². The van der Waals surface area contributed by atoms with Crippen molar-refractivity contribution in [2.24, 2.45) is 4.99 Å². The molecule has 4 nitrogen and oxygen atoms in total. The molecule has 0 aliphatic heterocycles. The molecular weight excluding hydrogens is 348 g/mol. The van der Waals surface area contributed by atoms with Gasteiger partial charge in [0.25, 0.3) is 0 Å². The molecule has 0 aliphatic rings. The van der Waals surface area contributed by atoms with Crippen LogP contribution in [0.3, 0.4) is 0 Å². The number of hydrogen-bond acceptors (Lipinski definition) is 4. The number of thiophene rings is 1. The number of aromatic nitrogens is 1. The molecule has 0 bridgehead atoms. The van der Waals surface area contributed by atoms with Crippen molar-refractivity contribution in [3.05, 3.63) is 63.8 Å². The lowest BCUT2D eigenvalue weighted by Crippen LogP contribution is -2.39. The van der Waals surface area contributed by atoms with Crippen molar-refractivity contribution in [2.75, 3.05) is 20.6 Å². The van der Waals surface area contributed by atoms with Gasteiger partial charge in [-0.1, -0.05) is 36.4 Å². The van der Waals surface area contributed by atoms with Crippen molar-refractivity contribution in [1.29, 1.82) is 0 Å². The maximum atomic E-state index is 4.72. The third-order valence-corrected chi connectivity index (χ3v) is 5.72. The van der Waals surface area contributed by atoms with E-state index < -0.39 is 0 Å². The van der Waals surface area contributed by atoms with Gasteiger partial charge in [0.1, 0.15) is 5.01 Å². The number of nitrogens with zero attached hydrogens (tertiary/aromatic N) is 3. The Labute approximate surface area is 156 Å². The fourth-order valence-electron chi connectivity index (χ4n) is 2.49. The predicted molar refractivity (Wildman–Crippen MR) is 108 cm³/mol. The van der Waals surface area contributed by atoms with Crippen LogP contribution in [0.4, 0.5) is 0 Å². The van der Waals surface area contributed by atoms with Crippen LogP contribution in [0.15, 0.2) is 58.2 Å². The molecular formula is C19H22N4S2. The summed E-state index contributed by atoms with van der Waals surface area (Å²) in [5.41, 5.74) is 2.20. The summed E-state index contributed by atoms with van der Waals surface area (Å²) >= 11 is 3.48. The molecule has 0 spiro atoms. The number of likely N-dealkylation sites (N-methyl/N-ethyl adjacent to an activating group) is 1. The van der Waals surface area contributed by atoms with E-state index in [1.807, 2.05) is 25.2 Å². The Balaban J connectivity index is 1.53. The van der Waals surface area contributed by atoms with Gasteiger partial charge in [-0.3, -0.25) is 4.99 Å². The SMILES string of the molecule is CN=C(NCc1csc(-c2ccccc2)n1)N(C)CCc1cccs1. The molecule has 0 fully saturated rings. The Kier molecular flexibility index (Phi) is 6.19. The van der Waals surface area contributed by atoms with Crippen LogP contribution in [0.25, 0.3) is 10.6 Å². The molecule has 1 N–H and O–H groups in total. The third-order valence-electron chi connectivity index (χ3n) is 3.85. The summed E-state index contributed by atoms with van der Waals surface area (Å²) in [5, 5.41) is 8.68. The largest absolute Gasteiger partial charge is 0.351 e. The van der Waals surface area contributed by atoms with Gasteiger partial charge in [0.15, 0.2) is 5.96 Å². The molecule has 25 heavy (non-hydrogen) atoms. The van der Waals surface area contributed by atoms with E-state index in [9.17, 15) is 0 Å². The van der Waals surface area contributed by atoms with E-state index >= 15 is 0 Å². The zero-order chi connectivity index (χ0) is 17.5. The molecule has 0 unspecified atom stereocenters. The van der Waals surface area contributed by atoms with Crippen molar-refractivity contribution in [2.45, 2.75) is 13.0 Å². The average Bonchev–Trinajstić information content (AvgIpc) is 3.33. The molecule has 1 aromatic carbocycles. The molecule has 0 atom stereocenters. The van der Waals surface area contributed by atoms with Crippen molar-refractivity contribution in [3.63, 3.8) is 0 Å². The zero-order valence-electron chi connectivity index (χ0n) is 14.5. The molecule has 0 amide bonds. The first-order chi connectivity index (χ1) is 12.3. The number of hydrogen-bond donors (Lipinski definition) is 1. The van der Waals surface area contributed by atoms with E-state index in [0.717, 1.165) is 35.2 Å². The van der Waals surface area contributed by atoms with Crippen molar-refractivity contribution in [1.82, 2.24) is 15.2 Å². The van der Waals surface area contributed by atoms with Crippen LogP contribution in [-0.4, -0.2) is 36.5 Å². The van der Waals surface area contributed by atoms with Crippen LogP contribution < -0.4 is 5.32 Å². The first-order valence-corrected chi connectivity index (χ1v) is 9.96. The van der Waals surface area contributed by atoms with Gasteiger partial charge in [0, 0.05) is 36.5 Å². The first kappa shape index (κ1) is 17.6. The number of rotatable bonds is 6. The van der Waals surface area contributed by atoms with Gasteiger partial charge in [0.2, 0.25) is 0 Å². The van der Waals surface area contributed by atoms with Crippen LogP contribution in [0.1, 0.15) is 10.6 Å². The van der Waals surface area contributed by atoms with Crippen molar-refractivity contribution < 1.29 is 0 Å². The lowest BCUT2D eigenvalue weighted by molar-refractivity contribution is 0.486. The number of aliphatic imine (C=N–C) groups is 1. The molecule has 0 saturated heterocycles. The van der Waals surface area contributed by atoms with E-state index in [1.54, 1.807) is 22.7 Å². The van der Waals surface area contributed by atoms with E-state index in [4.69, 9.17) is 4.98 Å². The number of nitrogens with one attached hydrogen (secondary N) is 1. The summed E-state index contributed by atoms with van der Waals surface area (Å²) in [6, 6.07) is 14.6. The van der Waals surface area contributed by atoms with Gasteiger partial charge < -0.3 is 10.2 Å². The second kappa shape index (κ2) is 8.78. The normalized spacial score (nSPS) is 11.5. The Morgan fingerprint density at radius 2 is 2.00 bits per heavy atom. The fraction of sp³-hybridized carbons (Fsp3) is 0.263. The van der Waals surface area contributed by atoms with Gasteiger partial charge in [0.05, 0.1) is 12.2 Å². The molecule has 3 aromatic rings. The Morgan fingerprint density at radius 1 is 1.16 bits per heavy atom. The quantitative estimate of drug-likeness (QED) is 0.524. The second-order valence-electron chi connectivity index (χ2n) is 5.66. The molecule has 130 valence electrons. The predicted octanol–water partition coefficient (Wildman–Crippen LogP) is 4.12. The van der Waals surface area contributed by atoms with Gasteiger partial charge in [-0.05, 0) is 17.9 Å². The highest BCUT2D eigenvalue weighted by Gasteiger charge is 2.08. The topological polar surface area (TPSA) is 40.5 Å². The van der Waals surface area contributed by atoms with E-state index in [0.29, 0.717) is 6.54 Å². The summed E-state index contributed by atoms with van der Waals surface area (Å²) in [6.45, 7) is 1.62. The highest BCUT2D eigenvalue weighted by Crippen LogP contribution is 2.23. The van der Waals surface area contributed by atoms with Crippen molar-refractivity contribution >= 4 is 28.6 Å². The zero-order valence-corrected chi connectivity index (χ0v) is 16.1. The summed E-state index contributed by atoms with van der Waals surface area (Å²) in [6.07, 6.45) is 1.03. The van der Waals surface area contributed by atoms with Crippen molar-refractivity contribution in [3.8, 4) is 10.6 Å². The second-order valence-corrected chi connectivity index (χ2v) is 7.55. The van der Waals surface area contributed by atoms with E-state index in [1.165, 1.54) is 4.88 Å². The van der Waals surface area contributed by atoms with Crippen LogP contribution >= 0.6 is 22.7 Å². The Hall–Kier alpha value is -2.18. The minimum Gasteiger partial charge on any atom is -0.351 e. The summed E-state index contributed by atoms with van der Waals surface area (Å²) in [7, 11) is 3.89. The summed E-state index contributed by atoms with van der Waals surface area (Å²) in [4.78, 5) is 12.6. The van der Waals surface area contributed by atoms with Crippen LogP contribution in [-0.2, 0) is 13.0 Å². The van der Waals surface area contributed by atoms with Gasteiger partial charge in [-0.25, -0.2) is 4.98 Å². The lowest BCUT2D eigenvalue weighted by Gasteiger charge is -2.21. The molecule has 0 saturated carbocycles. The van der Waals surface area contributed by atoms with Gasteiger partial charge in [-0.15, -0.1) is 22.7 Å². The number of thiazole rings is 1. The maximum Gasteiger partial charge on any atom is 0.193 e. The summed E-state index contributed by atoms with van der Waals surface area (Å²) < 4.78 is 0. The molecule has 2 heterocycles. The summed E-state index contributed by atoms with van der Waals surface area (Å²) in [5.74, 6) is 0.894. The number of benzene rings is 1. The Morgan fingerprint density at radius 3 is 2.72 bits per heavy atom. The monoisotopic (exact) mass is 370 g/mol. The maximum absolute atomic E-state index is 4.72. The van der Waals surface area contributed by atoms with Gasteiger partial charge >= 0.3 is 0 Å². The molecule has 3 rings (SSSR count). The van der Waals surface area contributed by atoms with Crippen LogP contribution in [0, 0.1) is 0 Å². The molecule has 6 heteroatoms. The fourth-order valence-corrected chi connectivity index (χ4v) is 4.02. The first-order valence-electron chi connectivity index (χ1n) is 8.20. The highest BCUT2D eigenvalue weighted by molar-refractivity contribution is 7.13. The average molecular weight is 371 g/mol. The minimum atomic E-state index is 0.680. The third kappa shape index (κ3) is 4.90. The van der Waals surface area contributed by atoms with Gasteiger partial charge in [-0.2, -0.15) is 0 Å². The molecule has 0 radical (unpaired) electrons. The molecule has 0 aliphatic carbocycles. The van der Waals surface area contributed by atoms with Crippen LogP contribution in [0.5, 0.6) is 0 Å². The van der Waals surface area contributed by atoms with E-state index in [2.05, 4.69) is 57.3 Å². The lowest BCUT2D eigenvalue weighted by atomic mass is 10.2. The molecule has 2 aromatic heterocycles. The van der Waals surface area contributed by atoms with Crippen LogP contribution in [0.2, 0.25) is 0 Å². The Bertz CT molecular complexity index is 794. The number of guanidine groups is 1. The minimum absolute atomic E-state index is 0.680. The highest BCUT2D eigenvalue weighted by atomic mass is 32.1. The smallest absolute Gasteiger partial charge is 0.193 e. The standard InChI is InChI=1S/C19H22N4S2/c1-20-19(23(2)11-10-17-9-6-12-24-17)21-13-16-14-25-18(22-16)15-7-4-3-5-8-15/h3-9,12,14H,10-11,13H2,1-2H3,(H,20,21).